The summed E-state index contributed by atoms with van der Waals surface area (Å²) in [6.45, 7) is 0. The van der Waals surface area contributed by atoms with Gasteiger partial charge in [-0.15, -0.1) is 0 Å². The lowest BCUT2D eigenvalue weighted by Crippen LogP contribution is -2.07. The van der Waals surface area contributed by atoms with Crippen LogP contribution in [0.25, 0.3) is 0 Å². The second kappa shape index (κ2) is 12.1. The average Bonchev–Trinajstić information content (AvgIpc) is 2.96. The number of nitrogens with one attached hydrogen (secondary N) is 3. The van der Waals surface area contributed by atoms with Gasteiger partial charge in [0.1, 0.15) is 0 Å². The van der Waals surface area contributed by atoms with Crippen LogP contribution in [-0.4, -0.2) is 31.2 Å². The van der Waals surface area contributed by atoms with Gasteiger partial charge in [-0.1, -0.05) is 66.7 Å². The number of hydrazone groups is 1. The molecule has 0 radical (unpaired) electrons. The highest BCUT2D eigenvalue weighted by Crippen LogP contribution is 2.31. The Balaban J connectivity index is 1.41. The summed E-state index contributed by atoms with van der Waals surface area (Å²) in [6.07, 6.45) is 1.74. The molecule has 0 fully saturated rings. The molecule has 0 saturated carbocycles. The Morgan fingerprint density at radius 2 is 1.27 bits per heavy atom. The van der Waals surface area contributed by atoms with E-state index in [2.05, 4.69) is 36.1 Å². The number of phenolic OH excluding ortho intramolecular Hbond substituents is 1. The number of para-hydroxylation sites is 2. The summed E-state index contributed by atoms with van der Waals surface area (Å²) in [5, 5.41) is 32.5. The third kappa shape index (κ3) is 6.72. The van der Waals surface area contributed by atoms with E-state index in [1.807, 2.05) is 91.0 Å². The van der Waals surface area contributed by atoms with E-state index >= 15 is 0 Å². The Morgan fingerprint density at radius 1 is 0.750 bits per heavy atom. The third-order valence-corrected chi connectivity index (χ3v) is 5.69. The van der Waals surface area contributed by atoms with Crippen LogP contribution < -0.4 is 16.1 Å². The molecule has 0 aliphatic heterocycles. The van der Waals surface area contributed by atoms with Crippen LogP contribution in [0.2, 0.25) is 0 Å². The van der Waals surface area contributed by atoms with Gasteiger partial charge in [-0.2, -0.15) is 20.1 Å². The topological polar surface area (TPSA) is 150 Å². The van der Waals surface area contributed by atoms with Crippen molar-refractivity contribution in [1.82, 2.24) is 15.0 Å². The van der Waals surface area contributed by atoms with Crippen LogP contribution in [0.1, 0.15) is 16.7 Å². The van der Waals surface area contributed by atoms with Gasteiger partial charge in [-0.25, -0.2) is 5.43 Å². The quantitative estimate of drug-likeness (QED) is 0.0963. The molecule has 0 bridgehead atoms. The lowest BCUT2D eigenvalue weighted by molar-refractivity contribution is -0.385. The molecule has 0 unspecified atom stereocenters. The highest BCUT2D eigenvalue weighted by Gasteiger charge is 2.18. The number of nitro groups is 1. The van der Waals surface area contributed by atoms with Crippen molar-refractivity contribution >= 4 is 41.1 Å². The summed E-state index contributed by atoms with van der Waals surface area (Å²) in [7, 11) is 0. The molecule has 198 valence electrons. The molecule has 40 heavy (non-hydrogen) atoms. The first-order chi connectivity index (χ1) is 19.5. The molecule has 0 aliphatic carbocycles. The number of benzene rings is 4. The maximum absolute atomic E-state index is 11.6. The van der Waals surface area contributed by atoms with Gasteiger partial charge in [0.2, 0.25) is 23.6 Å². The highest BCUT2D eigenvalue weighted by molar-refractivity contribution is 5.86. The van der Waals surface area contributed by atoms with Crippen molar-refractivity contribution in [2.24, 2.45) is 5.10 Å². The first-order valence-electron chi connectivity index (χ1n) is 12.3. The van der Waals surface area contributed by atoms with Crippen LogP contribution in [0.15, 0.2) is 108 Å². The molecule has 11 nitrogen and oxygen atoms in total. The summed E-state index contributed by atoms with van der Waals surface area (Å²) in [5.74, 6) is 0.153. The van der Waals surface area contributed by atoms with Crippen LogP contribution in [0.4, 0.5) is 34.9 Å². The molecule has 0 aliphatic rings. The van der Waals surface area contributed by atoms with Crippen molar-refractivity contribution in [3.05, 3.63) is 130 Å². The number of nitrogens with zero attached hydrogens (tertiary/aromatic N) is 5. The van der Waals surface area contributed by atoms with Gasteiger partial charge in [-0.3, -0.25) is 10.1 Å². The van der Waals surface area contributed by atoms with Gasteiger partial charge in [0, 0.05) is 23.0 Å². The highest BCUT2D eigenvalue weighted by atomic mass is 16.6. The number of hydrogen-bond donors (Lipinski definition) is 4. The van der Waals surface area contributed by atoms with Crippen molar-refractivity contribution in [1.29, 1.82) is 0 Å². The van der Waals surface area contributed by atoms with Crippen LogP contribution in [0, 0.1) is 10.1 Å². The number of rotatable bonds is 10. The maximum Gasteiger partial charge on any atom is 0.311 e. The summed E-state index contributed by atoms with van der Waals surface area (Å²) >= 11 is 0. The second-order valence-corrected chi connectivity index (χ2v) is 8.63. The molecule has 1 aromatic heterocycles. The molecular weight excluding hydrogens is 508 g/mol. The molecule has 5 rings (SSSR count). The van der Waals surface area contributed by atoms with Gasteiger partial charge >= 0.3 is 5.69 Å². The Morgan fingerprint density at radius 3 is 1.82 bits per heavy atom. The van der Waals surface area contributed by atoms with Crippen LogP contribution in [0.5, 0.6) is 5.75 Å². The predicted octanol–water partition coefficient (Wildman–Crippen LogP) is 6.01. The summed E-state index contributed by atoms with van der Waals surface area (Å²) in [6, 6.07) is 31.4. The summed E-state index contributed by atoms with van der Waals surface area (Å²) in [5.41, 5.74) is 5.70. The van der Waals surface area contributed by atoms with E-state index in [1.165, 1.54) is 12.3 Å². The molecule has 5 aromatic rings. The normalized spacial score (nSPS) is 10.8. The third-order valence-electron chi connectivity index (χ3n) is 5.69. The van der Waals surface area contributed by atoms with Crippen LogP contribution in [0.3, 0.4) is 0 Å². The molecule has 0 saturated heterocycles. The van der Waals surface area contributed by atoms with Gasteiger partial charge in [-0.05, 0) is 47.9 Å². The fourth-order valence-electron chi connectivity index (χ4n) is 3.87. The Bertz CT molecular complexity index is 1570. The van der Waals surface area contributed by atoms with E-state index < -0.39 is 16.4 Å². The van der Waals surface area contributed by atoms with E-state index in [0.717, 1.165) is 16.9 Å². The van der Waals surface area contributed by atoms with Crippen molar-refractivity contribution in [2.75, 3.05) is 16.1 Å². The molecule has 0 spiro atoms. The monoisotopic (exact) mass is 532 g/mol. The maximum atomic E-state index is 11.6. The van der Waals surface area contributed by atoms with Gasteiger partial charge in [0.15, 0.2) is 0 Å². The SMILES string of the molecule is O=[N+]([O-])c1cc(Cc2ccccc2)cc(C=NNc2nc(Nc3ccccc3)nc(Nc3ccccc3)n2)c1O. The molecule has 4 aromatic carbocycles. The van der Waals surface area contributed by atoms with Crippen molar-refractivity contribution in [3.8, 4) is 5.75 Å². The van der Waals surface area contributed by atoms with Crippen LogP contribution >= 0.6 is 0 Å². The van der Waals surface area contributed by atoms with Crippen molar-refractivity contribution in [2.45, 2.75) is 6.42 Å². The number of aromatic nitrogens is 3. The summed E-state index contributed by atoms with van der Waals surface area (Å²) < 4.78 is 0. The van der Waals surface area contributed by atoms with E-state index in [-0.39, 0.29) is 23.4 Å². The minimum atomic E-state index is -0.621. The first kappa shape index (κ1) is 25.8. The Kier molecular flexibility index (Phi) is 7.83. The zero-order valence-electron chi connectivity index (χ0n) is 21.1. The van der Waals surface area contributed by atoms with Crippen molar-refractivity contribution < 1.29 is 10.0 Å². The van der Waals surface area contributed by atoms with E-state index in [0.29, 0.717) is 12.0 Å². The molecule has 1 heterocycles. The molecule has 4 N–H and O–H groups in total. The summed E-state index contributed by atoms with van der Waals surface area (Å²) in [4.78, 5) is 24.2. The average molecular weight is 533 g/mol. The minimum Gasteiger partial charge on any atom is -0.502 e. The Labute approximate surface area is 229 Å². The van der Waals surface area contributed by atoms with Crippen molar-refractivity contribution in [3.63, 3.8) is 0 Å². The first-order valence-corrected chi connectivity index (χ1v) is 12.3. The van der Waals surface area contributed by atoms with E-state index in [9.17, 15) is 15.2 Å². The standard InChI is InChI=1S/C29H24N8O3/c38-26-22(17-21(18-25(26)37(39)40)16-20-10-4-1-5-11-20)19-30-36-29-34-27(31-23-12-6-2-7-13-23)33-28(35-29)32-24-14-8-3-9-15-24/h1-15,17-19,38H,16H2,(H3,31,32,33,34,35,36). The van der Waals surface area contributed by atoms with Gasteiger partial charge < -0.3 is 15.7 Å². The Hall–Kier alpha value is -5.84. The van der Waals surface area contributed by atoms with E-state index in [4.69, 9.17) is 0 Å². The molecule has 0 atom stereocenters. The number of nitro benzene ring substituents is 1. The smallest absolute Gasteiger partial charge is 0.311 e. The number of hydrogen-bond acceptors (Lipinski definition) is 10. The number of aromatic hydroxyl groups is 1. The fraction of sp³-hybridized carbons (Fsp3) is 0.0345. The van der Waals surface area contributed by atoms with Gasteiger partial charge in [0.05, 0.1) is 11.1 Å². The van der Waals surface area contributed by atoms with Crippen LogP contribution in [-0.2, 0) is 6.42 Å². The van der Waals surface area contributed by atoms with E-state index in [1.54, 1.807) is 6.07 Å². The fourth-order valence-corrected chi connectivity index (χ4v) is 3.87. The predicted molar refractivity (Wildman–Crippen MR) is 155 cm³/mol. The molecular formula is C29H24N8O3. The zero-order chi connectivity index (χ0) is 27.7. The largest absolute Gasteiger partial charge is 0.502 e. The van der Waals surface area contributed by atoms with Gasteiger partial charge in [0.25, 0.3) is 0 Å². The minimum absolute atomic E-state index is 0.109. The molecule has 11 heteroatoms. The molecule has 0 amide bonds. The number of phenols is 1. The zero-order valence-corrected chi connectivity index (χ0v) is 21.1. The second-order valence-electron chi connectivity index (χ2n) is 8.63. The number of anilines is 5. The lowest BCUT2D eigenvalue weighted by atomic mass is 10.0. The lowest BCUT2D eigenvalue weighted by Gasteiger charge is -2.10.